The quantitative estimate of drug-likeness (QED) is 0.794. The summed E-state index contributed by atoms with van der Waals surface area (Å²) in [5.74, 6) is 0. The summed E-state index contributed by atoms with van der Waals surface area (Å²) in [5.41, 5.74) is 0.991. The molecule has 0 spiro atoms. The van der Waals surface area contributed by atoms with E-state index in [4.69, 9.17) is 25.8 Å². The molecule has 0 saturated carbocycles. The van der Waals surface area contributed by atoms with E-state index < -0.39 is 0 Å². The van der Waals surface area contributed by atoms with Crippen molar-refractivity contribution in [3.8, 4) is 0 Å². The van der Waals surface area contributed by atoms with Crippen LogP contribution in [-0.4, -0.2) is 26.1 Å². The molecule has 1 aliphatic rings. The Morgan fingerprint density at radius 3 is 2.73 bits per heavy atom. The van der Waals surface area contributed by atoms with Crippen molar-refractivity contribution < 1.29 is 14.2 Å². The fourth-order valence-electron chi connectivity index (χ4n) is 1.39. The number of hydrogen-bond donors (Lipinski definition) is 0. The minimum Gasteiger partial charge on any atom is -0.369 e. The molecule has 82 valence electrons. The highest BCUT2D eigenvalue weighted by molar-refractivity contribution is 6.31. The summed E-state index contributed by atoms with van der Waals surface area (Å²) in [5, 5.41) is 0.732. The minimum absolute atomic E-state index is 0.00928. The van der Waals surface area contributed by atoms with E-state index in [0.29, 0.717) is 26.6 Å². The Bertz CT molecular complexity index is 310. The van der Waals surface area contributed by atoms with Gasteiger partial charge in [0.05, 0.1) is 19.8 Å². The van der Waals surface area contributed by atoms with Gasteiger partial charge in [0.1, 0.15) is 12.9 Å². The van der Waals surface area contributed by atoms with Crippen LogP contribution in [-0.2, 0) is 20.8 Å². The van der Waals surface area contributed by atoms with E-state index in [0.717, 1.165) is 10.6 Å². The van der Waals surface area contributed by atoms with Crippen molar-refractivity contribution in [2.24, 2.45) is 0 Å². The van der Waals surface area contributed by atoms with E-state index in [-0.39, 0.29) is 6.10 Å². The Kier molecular flexibility index (Phi) is 3.97. The van der Waals surface area contributed by atoms with Crippen LogP contribution in [0.4, 0.5) is 0 Å². The van der Waals surface area contributed by atoms with Gasteiger partial charge in [0, 0.05) is 5.02 Å². The van der Waals surface area contributed by atoms with Crippen molar-refractivity contribution >= 4 is 11.6 Å². The lowest BCUT2D eigenvalue weighted by Gasteiger charge is -2.22. The molecule has 0 aromatic heterocycles. The molecule has 1 aromatic carbocycles. The van der Waals surface area contributed by atoms with Crippen molar-refractivity contribution in [3.05, 3.63) is 34.9 Å². The van der Waals surface area contributed by atoms with Gasteiger partial charge in [0.2, 0.25) is 0 Å². The number of ether oxygens (including phenoxy) is 3. The molecule has 0 bridgehead atoms. The van der Waals surface area contributed by atoms with Gasteiger partial charge in [-0.2, -0.15) is 0 Å². The Morgan fingerprint density at radius 1 is 1.27 bits per heavy atom. The summed E-state index contributed by atoms with van der Waals surface area (Å²) >= 11 is 6.00. The van der Waals surface area contributed by atoms with Gasteiger partial charge in [-0.3, -0.25) is 0 Å². The minimum atomic E-state index is 0.00928. The van der Waals surface area contributed by atoms with Crippen LogP contribution >= 0.6 is 11.6 Å². The highest BCUT2D eigenvalue weighted by atomic mass is 35.5. The first-order valence-electron chi connectivity index (χ1n) is 4.87. The Labute approximate surface area is 93.9 Å². The zero-order valence-corrected chi connectivity index (χ0v) is 9.07. The molecule has 0 amide bonds. The van der Waals surface area contributed by atoms with Crippen LogP contribution in [0.2, 0.25) is 5.02 Å². The molecule has 2 rings (SSSR count). The maximum atomic E-state index is 6.00. The van der Waals surface area contributed by atoms with Crippen LogP contribution in [0, 0.1) is 0 Å². The van der Waals surface area contributed by atoms with Crippen molar-refractivity contribution in [2.75, 3.05) is 20.0 Å². The molecule has 3 nitrogen and oxygen atoms in total. The summed E-state index contributed by atoms with van der Waals surface area (Å²) in [7, 11) is 0. The van der Waals surface area contributed by atoms with E-state index in [9.17, 15) is 0 Å². The van der Waals surface area contributed by atoms with Crippen LogP contribution in [0.15, 0.2) is 24.3 Å². The van der Waals surface area contributed by atoms with Crippen LogP contribution in [0.25, 0.3) is 0 Å². The van der Waals surface area contributed by atoms with Crippen molar-refractivity contribution in [1.82, 2.24) is 0 Å². The van der Waals surface area contributed by atoms with Gasteiger partial charge in [0.25, 0.3) is 0 Å². The highest BCUT2D eigenvalue weighted by Crippen LogP contribution is 2.16. The number of benzene rings is 1. The van der Waals surface area contributed by atoms with E-state index in [1.54, 1.807) is 0 Å². The molecule has 15 heavy (non-hydrogen) atoms. The lowest BCUT2D eigenvalue weighted by Crippen LogP contribution is -2.31. The molecule has 0 N–H and O–H groups in total. The highest BCUT2D eigenvalue weighted by Gasteiger charge is 2.14. The Hall–Kier alpha value is -0.610. The van der Waals surface area contributed by atoms with Gasteiger partial charge in [-0.15, -0.1) is 0 Å². The van der Waals surface area contributed by atoms with Crippen LogP contribution in [0.1, 0.15) is 5.56 Å². The zero-order chi connectivity index (χ0) is 10.5. The molecule has 4 heteroatoms. The molecule has 1 heterocycles. The van der Waals surface area contributed by atoms with Crippen LogP contribution in [0.5, 0.6) is 0 Å². The fourth-order valence-corrected chi connectivity index (χ4v) is 1.58. The van der Waals surface area contributed by atoms with Gasteiger partial charge < -0.3 is 14.2 Å². The zero-order valence-electron chi connectivity index (χ0n) is 8.32. The fraction of sp³-hybridized carbons (Fsp3) is 0.455. The van der Waals surface area contributed by atoms with Gasteiger partial charge in [-0.25, -0.2) is 0 Å². The van der Waals surface area contributed by atoms with Crippen LogP contribution < -0.4 is 0 Å². The van der Waals surface area contributed by atoms with Crippen molar-refractivity contribution in [3.63, 3.8) is 0 Å². The average Bonchev–Trinajstić information content (AvgIpc) is 2.29. The molecule has 1 aliphatic heterocycles. The summed E-state index contributed by atoms with van der Waals surface area (Å²) in [6, 6.07) is 7.65. The lowest BCUT2D eigenvalue weighted by molar-refractivity contribution is -0.170. The van der Waals surface area contributed by atoms with Gasteiger partial charge in [0.15, 0.2) is 0 Å². The molecule has 0 atom stereocenters. The molecule has 1 aromatic rings. The normalized spacial score (nSPS) is 17.9. The largest absolute Gasteiger partial charge is 0.369 e. The van der Waals surface area contributed by atoms with E-state index in [2.05, 4.69) is 0 Å². The van der Waals surface area contributed by atoms with E-state index >= 15 is 0 Å². The van der Waals surface area contributed by atoms with Crippen molar-refractivity contribution in [2.45, 2.75) is 12.7 Å². The van der Waals surface area contributed by atoms with Crippen LogP contribution in [0.3, 0.4) is 0 Å². The first-order valence-corrected chi connectivity index (χ1v) is 5.24. The maximum Gasteiger partial charge on any atom is 0.146 e. The molecule has 1 fully saturated rings. The maximum absolute atomic E-state index is 6.00. The number of rotatable bonds is 3. The third-order valence-corrected chi connectivity index (χ3v) is 2.58. The first-order chi connectivity index (χ1) is 7.36. The van der Waals surface area contributed by atoms with Gasteiger partial charge in [-0.1, -0.05) is 29.8 Å². The molecule has 0 unspecified atom stereocenters. The second-order valence-corrected chi connectivity index (χ2v) is 3.79. The lowest BCUT2D eigenvalue weighted by atomic mass is 10.2. The smallest absolute Gasteiger partial charge is 0.146 e. The van der Waals surface area contributed by atoms with E-state index in [1.165, 1.54) is 0 Å². The topological polar surface area (TPSA) is 27.7 Å². The summed E-state index contributed by atoms with van der Waals surface area (Å²) < 4.78 is 15.9. The third-order valence-electron chi connectivity index (χ3n) is 2.21. The van der Waals surface area contributed by atoms with Gasteiger partial charge >= 0.3 is 0 Å². The summed E-state index contributed by atoms with van der Waals surface area (Å²) in [6.07, 6.45) is 0.00928. The summed E-state index contributed by atoms with van der Waals surface area (Å²) in [6.45, 7) is 2.04. The molecule has 0 radical (unpaired) electrons. The average molecular weight is 229 g/mol. The van der Waals surface area contributed by atoms with Crippen molar-refractivity contribution in [1.29, 1.82) is 0 Å². The first kappa shape index (κ1) is 10.9. The van der Waals surface area contributed by atoms with Gasteiger partial charge in [-0.05, 0) is 11.6 Å². The summed E-state index contributed by atoms with van der Waals surface area (Å²) in [4.78, 5) is 0. The molecular weight excluding hydrogens is 216 g/mol. The number of hydrogen-bond acceptors (Lipinski definition) is 3. The predicted molar refractivity (Wildman–Crippen MR) is 56.8 cm³/mol. The molecule has 0 aliphatic carbocycles. The Balaban J connectivity index is 1.84. The second-order valence-electron chi connectivity index (χ2n) is 3.38. The molecule has 1 saturated heterocycles. The monoisotopic (exact) mass is 228 g/mol. The molecular formula is C11H13ClO3. The van der Waals surface area contributed by atoms with E-state index in [1.807, 2.05) is 24.3 Å². The predicted octanol–water partition coefficient (Wildman–Crippen LogP) is 2.23. The number of halogens is 1. The SMILES string of the molecule is Clc1ccccc1COC1COCOC1. The third kappa shape index (κ3) is 3.18. The standard InChI is InChI=1S/C11H13ClO3/c12-11-4-2-1-3-9(11)5-15-10-6-13-8-14-7-10/h1-4,10H,5-8H2. The second kappa shape index (κ2) is 5.47. The Morgan fingerprint density at radius 2 is 2.00 bits per heavy atom.